The molecule has 1 atom stereocenters. The van der Waals surface area contributed by atoms with Crippen LogP contribution < -0.4 is 5.73 Å². The topological polar surface area (TPSA) is 43.3 Å². The third-order valence-electron chi connectivity index (χ3n) is 5.97. The van der Waals surface area contributed by atoms with Gasteiger partial charge in [0.05, 0.1) is 11.4 Å². The molecule has 0 bridgehead atoms. The van der Waals surface area contributed by atoms with Crippen LogP contribution >= 0.6 is 11.3 Å². The first-order chi connectivity index (χ1) is 12.2. The van der Waals surface area contributed by atoms with Crippen LogP contribution in [0.15, 0.2) is 18.2 Å². The van der Waals surface area contributed by atoms with Crippen molar-refractivity contribution >= 4 is 16.3 Å². The van der Waals surface area contributed by atoms with Crippen LogP contribution in [0.25, 0.3) is 16.2 Å². The first kappa shape index (κ1) is 15.6. The van der Waals surface area contributed by atoms with E-state index >= 15 is 0 Å². The molecule has 3 aromatic rings. The average Bonchev–Trinajstić information content (AvgIpc) is 3.16. The Morgan fingerprint density at radius 2 is 2.04 bits per heavy atom. The van der Waals surface area contributed by atoms with Crippen molar-refractivity contribution in [2.45, 2.75) is 58.4 Å². The fourth-order valence-electron chi connectivity index (χ4n) is 4.58. The van der Waals surface area contributed by atoms with Gasteiger partial charge in [0, 0.05) is 22.7 Å². The summed E-state index contributed by atoms with van der Waals surface area (Å²) in [6, 6.07) is 6.94. The van der Waals surface area contributed by atoms with E-state index in [4.69, 9.17) is 10.7 Å². The van der Waals surface area contributed by atoms with Crippen molar-refractivity contribution in [1.29, 1.82) is 0 Å². The van der Waals surface area contributed by atoms with E-state index in [1.54, 1.807) is 0 Å². The maximum atomic E-state index is 6.20. The van der Waals surface area contributed by atoms with Crippen LogP contribution in [0.5, 0.6) is 0 Å². The van der Waals surface area contributed by atoms with E-state index < -0.39 is 0 Å². The van der Waals surface area contributed by atoms with Crippen LogP contribution in [0, 0.1) is 5.92 Å². The summed E-state index contributed by atoms with van der Waals surface area (Å²) in [5.41, 5.74) is 14.2. The zero-order chi connectivity index (χ0) is 17.0. The fraction of sp³-hybridized carbons (Fsp3) is 0.476. The Morgan fingerprint density at radius 3 is 2.88 bits per heavy atom. The third-order valence-corrected chi connectivity index (χ3v) is 7.08. The van der Waals surface area contributed by atoms with Crippen LogP contribution in [-0.2, 0) is 32.2 Å². The molecule has 0 radical (unpaired) electrons. The summed E-state index contributed by atoms with van der Waals surface area (Å²) in [5, 5.41) is 0. The molecule has 1 unspecified atom stereocenters. The maximum absolute atomic E-state index is 6.20. The molecule has 3 nitrogen and oxygen atoms in total. The summed E-state index contributed by atoms with van der Waals surface area (Å²) < 4.78 is 2.38. The predicted molar refractivity (Wildman–Crippen MR) is 104 cm³/mol. The molecule has 2 aromatic heterocycles. The molecule has 0 amide bonds. The van der Waals surface area contributed by atoms with Crippen LogP contribution in [0.2, 0.25) is 0 Å². The number of thiazole rings is 1. The Balaban J connectivity index is 1.66. The van der Waals surface area contributed by atoms with E-state index in [9.17, 15) is 0 Å². The Morgan fingerprint density at radius 1 is 1.20 bits per heavy atom. The number of nitrogens with two attached hydrogens (primary N) is 1. The summed E-state index contributed by atoms with van der Waals surface area (Å²) in [6.45, 7) is 2.90. The van der Waals surface area contributed by atoms with Crippen molar-refractivity contribution < 1.29 is 0 Å². The van der Waals surface area contributed by atoms with E-state index in [1.807, 2.05) is 11.3 Å². The minimum atomic E-state index is 0.548. The number of hydrogen-bond acceptors (Lipinski definition) is 3. The van der Waals surface area contributed by atoms with E-state index in [0.717, 1.165) is 23.0 Å². The molecule has 2 heterocycles. The Hall–Kier alpha value is -1.65. The number of rotatable bonds is 2. The molecule has 0 aliphatic heterocycles. The highest BCUT2D eigenvalue weighted by atomic mass is 32.1. The molecule has 5 rings (SSSR count). The number of aromatic nitrogens is 2. The minimum absolute atomic E-state index is 0.548. The van der Waals surface area contributed by atoms with Crippen molar-refractivity contribution in [1.82, 2.24) is 9.38 Å². The first-order valence-electron chi connectivity index (χ1n) is 9.58. The Labute approximate surface area is 152 Å². The number of hydrogen-bond donors (Lipinski definition) is 1. The lowest BCUT2D eigenvalue weighted by atomic mass is 9.89. The van der Waals surface area contributed by atoms with Gasteiger partial charge in [-0.05, 0) is 68.1 Å². The van der Waals surface area contributed by atoms with Gasteiger partial charge < -0.3 is 5.73 Å². The Bertz CT molecular complexity index is 950. The summed E-state index contributed by atoms with van der Waals surface area (Å²) >= 11 is 1.87. The monoisotopic (exact) mass is 351 g/mol. The molecule has 25 heavy (non-hydrogen) atoms. The molecule has 0 saturated carbocycles. The fourth-order valence-corrected chi connectivity index (χ4v) is 5.93. The van der Waals surface area contributed by atoms with E-state index in [-0.39, 0.29) is 0 Å². The molecule has 2 aliphatic carbocycles. The van der Waals surface area contributed by atoms with Gasteiger partial charge in [0.1, 0.15) is 0 Å². The summed E-state index contributed by atoms with van der Waals surface area (Å²) in [5.74, 6) is 0.789. The number of imidazole rings is 1. The van der Waals surface area contributed by atoms with E-state index in [1.165, 1.54) is 71.5 Å². The van der Waals surface area contributed by atoms with Crippen LogP contribution in [-0.4, -0.2) is 9.38 Å². The Kier molecular flexibility index (Phi) is 3.72. The molecule has 1 aromatic carbocycles. The van der Waals surface area contributed by atoms with Gasteiger partial charge >= 0.3 is 0 Å². The quantitative estimate of drug-likeness (QED) is 0.737. The highest BCUT2D eigenvalue weighted by molar-refractivity contribution is 7.17. The number of benzene rings is 1. The lowest BCUT2D eigenvalue weighted by Gasteiger charge is -2.18. The first-order valence-corrected chi connectivity index (χ1v) is 10.4. The lowest BCUT2D eigenvalue weighted by molar-refractivity contribution is 0.498. The van der Waals surface area contributed by atoms with Crippen molar-refractivity contribution in [3.8, 4) is 11.3 Å². The molecular formula is C21H25N3S. The highest BCUT2D eigenvalue weighted by Crippen LogP contribution is 2.37. The zero-order valence-electron chi connectivity index (χ0n) is 14.8. The summed E-state index contributed by atoms with van der Waals surface area (Å²) in [4.78, 5) is 7.69. The molecule has 2 N–H and O–H groups in total. The average molecular weight is 352 g/mol. The van der Waals surface area contributed by atoms with Crippen molar-refractivity contribution in [3.63, 3.8) is 0 Å². The second-order valence-electron chi connectivity index (χ2n) is 7.74. The molecule has 4 heteroatoms. The number of aryl methyl sites for hydroxylation is 3. The van der Waals surface area contributed by atoms with Crippen molar-refractivity contribution in [2.24, 2.45) is 11.7 Å². The molecule has 2 aliphatic rings. The van der Waals surface area contributed by atoms with E-state index in [2.05, 4.69) is 29.5 Å². The highest BCUT2D eigenvalue weighted by Gasteiger charge is 2.25. The van der Waals surface area contributed by atoms with Gasteiger partial charge in [0.2, 0.25) is 0 Å². The predicted octanol–water partition coefficient (Wildman–Crippen LogP) is 4.53. The van der Waals surface area contributed by atoms with Gasteiger partial charge in [0.15, 0.2) is 4.96 Å². The normalized spacial score (nSPS) is 19.8. The van der Waals surface area contributed by atoms with E-state index in [0.29, 0.717) is 6.54 Å². The van der Waals surface area contributed by atoms with Crippen molar-refractivity contribution in [3.05, 3.63) is 45.6 Å². The lowest BCUT2D eigenvalue weighted by Crippen LogP contribution is -2.13. The minimum Gasteiger partial charge on any atom is -0.325 e. The molecule has 130 valence electrons. The molecule has 0 saturated heterocycles. The van der Waals surface area contributed by atoms with Gasteiger partial charge in [-0.1, -0.05) is 19.1 Å². The molecule has 0 fully saturated rings. The molecular weight excluding hydrogens is 326 g/mol. The van der Waals surface area contributed by atoms with Crippen molar-refractivity contribution in [2.75, 3.05) is 0 Å². The second kappa shape index (κ2) is 5.96. The van der Waals surface area contributed by atoms with Gasteiger partial charge in [-0.2, -0.15) is 0 Å². The second-order valence-corrected chi connectivity index (χ2v) is 8.80. The van der Waals surface area contributed by atoms with Crippen LogP contribution in [0.1, 0.15) is 53.6 Å². The third kappa shape index (κ3) is 2.46. The summed E-state index contributed by atoms with van der Waals surface area (Å²) in [7, 11) is 0. The van der Waals surface area contributed by atoms with Crippen LogP contribution in [0.4, 0.5) is 0 Å². The van der Waals surface area contributed by atoms with Gasteiger partial charge in [-0.25, -0.2) is 4.98 Å². The van der Waals surface area contributed by atoms with Gasteiger partial charge in [-0.15, -0.1) is 11.3 Å². The number of nitrogens with zero attached hydrogens (tertiary/aromatic N) is 2. The standard InChI is InChI=1S/C21H25N3S/c1-13-6-9-17-19(10-13)25-21-23-20(18(12-22)24(17)21)16-8-7-14-4-2-3-5-15(14)11-16/h7-8,11,13H,2-6,9-10,12,22H2,1H3. The van der Waals surface area contributed by atoms with Crippen LogP contribution in [0.3, 0.4) is 0 Å². The van der Waals surface area contributed by atoms with Gasteiger partial charge in [0.25, 0.3) is 0 Å². The largest absolute Gasteiger partial charge is 0.325 e. The number of fused-ring (bicyclic) bond motifs is 4. The zero-order valence-corrected chi connectivity index (χ0v) is 15.7. The van der Waals surface area contributed by atoms with Gasteiger partial charge in [-0.3, -0.25) is 4.40 Å². The molecule has 0 spiro atoms. The SMILES string of the molecule is CC1CCc2c(sc3nc(-c4ccc5c(c4)CCCC5)c(CN)n23)C1. The smallest absolute Gasteiger partial charge is 0.194 e. The summed E-state index contributed by atoms with van der Waals surface area (Å²) in [6.07, 6.45) is 8.69. The maximum Gasteiger partial charge on any atom is 0.194 e.